The van der Waals surface area contributed by atoms with E-state index in [0.717, 1.165) is 34.1 Å². The summed E-state index contributed by atoms with van der Waals surface area (Å²) in [4.78, 5) is 0. The van der Waals surface area contributed by atoms with Crippen molar-refractivity contribution in [2.24, 2.45) is 0 Å². The molecule has 0 aliphatic heterocycles. The van der Waals surface area contributed by atoms with Crippen LogP contribution in [-0.2, 0) is 6.42 Å². The minimum Gasteiger partial charge on any atom is -0.378 e. The smallest absolute Gasteiger partial charge is 0.126 e. The zero-order chi connectivity index (χ0) is 13.4. The lowest BCUT2D eigenvalue weighted by Crippen LogP contribution is -2.08. The van der Waals surface area contributed by atoms with E-state index in [-0.39, 0.29) is 11.9 Å². The summed E-state index contributed by atoms with van der Waals surface area (Å²) in [5, 5.41) is 3.53. The van der Waals surface area contributed by atoms with Gasteiger partial charge in [0.25, 0.3) is 0 Å². The number of aryl methyl sites for hydroxylation is 1. The van der Waals surface area contributed by atoms with Gasteiger partial charge in [-0.25, -0.2) is 4.39 Å². The van der Waals surface area contributed by atoms with E-state index in [9.17, 15) is 4.39 Å². The van der Waals surface area contributed by atoms with Crippen molar-refractivity contribution < 1.29 is 4.39 Å². The van der Waals surface area contributed by atoms with Crippen LogP contribution in [0.5, 0.6) is 0 Å². The maximum Gasteiger partial charge on any atom is 0.126 e. The normalized spacial score (nSPS) is 17.3. The number of anilines is 1. The monoisotopic (exact) mass is 319 g/mol. The van der Waals surface area contributed by atoms with Crippen LogP contribution < -0.4 is 5.32 Å². The molecule has 1 unspecified atom stereocenters. The lowest BCUT2D eigenvalue weighted by Gasteiger charge is -2.17. The topological polar surface area (TPSA) is 12.0 Å². The summed E-state index contributed by atoms with van der Waals surface area (Å²) in [5.74, 6) is -0.0747. The summed E-state index contributed by atoms with van der Waals surface area (Å²) >= 11 is 3.47. The lowest BCUT2D eigenvalue weighted by molar-refractivity contribution is 0.612. The van der Waals surface area contributed by atoms with Crippen LogP contribution in [0, 0.1) is 12.7 Å². The van der Waals surface area contributed by atoms with Gasteiger partial charge in [0.1, 0.15) is 5.82 Å². The lowest BCUT2D eigenvalue weighted by atomic mass is 10.1. The van der Waals surface area contributed by atoms with Crippen molar-refractivity contribution in [2.75, 3.05) is 5.32 Å². The minimum atomic E-state index is -0.0747. The summed E-state index contributed by atoms with van der Waals surface area (Å²) in [6, 6.07) is 11.8. The Morgan fingerprint density at radius 3 is 2.89 bits per heavy atom. The maximum absolute atomic E-state index is 13.7. The van der Waals surface area contributed by atoms with Crippen LogP contribution in [0.15, 0.2) is 40.9 Å². The van der Waals surface area contributed by atoms with E-state index >= 15 is 0 Å². The van der Waals surface area contributed by atoms with Gasteiger partial charge < -0.3 is 5.32 Å². The first kappa shape index (κ1) is 12.7. The Labute approximate surface area is 121 Å². The molecule has 0 saturated carbocycles. The Balaban J connectivity index is 1.89. The predicted molar refractivity (Wildman–Crippen MR) is 80.0 cm³/mol. The average molecular weight is 320 g/mol. The van der Waals surface area contributed by atoms with E-state index in [0.29, 0.717) is 0 Å². The second-order valence-electron chi connectivity index (χ2n) is 5.00. The molecule has 1 N–H and O–H groups in total. The van der Waals surface area contributed by atoms with Gasteiger partial charge in [-0.1, -0.05) is 28.1 Å². The highest BCUT2D eigenvalue weighted by molar-refractivity contribution is 9.10. The molecule has 0 radical (unpaired) electrons. The second kappa shape index (κ2) is 4.97. The number of hydrogen-bond donors (Lipinski definition) is 1. The van der Waals surface area contributed by atoms with E-state index in [2.05, 4.69) is 40.3 Å². The third-order valence-corrected chi connectivity index (χ3v) is 4.22. The van der Waals surface area contributed by atoms with E-state index in [1.54, 1.807) is 12.1 Å². The van der Waals surface area contributed by atoms with Gasteiger partial charge in [0, 0.05) is 10.2 Å². The Kier molecular flexibility index (Phi) is 3.31. The molecule has 19 heavy (non-hydrogen) atoms. The van der Waals surface area contributed by atoms with Crippen LogP contribution >= 0.6 is 15.9 Å². The Bertz CT molecular complexity index is 624. The highest BCUT2D eigenvalue weighted by atomic mass is 79.9. The maximum atomic E-state index is 13.7. The molecule has 2 aromatic rings. The minimum absolute atomic E-state index is 0.0747. The van der Waals surface area contributed by atoms with Gasteiger partial charge in [-0.15, -0.1) is 0 Å². The van der Waals surface area contributed by atoms with E-state index in [1.807, 2.05) is 12.1 Å². The van der Waals surface area contributed by atoms with Crippen LogP contribution in [-0.4, -0.2) is 0 Å². The molecule has 3 heteroatoms. The van der Waals surface area contributed by atoms with E-state index < -0.39 is 0 Å². The first-order valence-electron chi connectivity index (χ1n) is 6.45. The Morgan fingerprint density at radius 1 is 1.26 bits per heavy atom. The largest absolute Gasteiger partial charge is 0.378 e. The zero-order valence-electron chi connectivity index (χ0n) is 10.7. The molecule has 3 rings (SSSR count). The number of halogens is 2. The van der Waals surface area contributed by atoms with Gasteiger partial charge in [0.2, 0.25) is 0 Å². The molecule has 0 amide bonds. The number of rotatable bonds is 2. The Morgan fingerprint density at radius 2 is 2.11 bits per heavy atom. The van der Waals surface area contributed by atoms with Crippen molar-refractivity contribution in [1.29, 1.82) is 0 Å². The van der Waals surface area contributed by atoms with Gasteiger partial charge in [-0.2, -0.15) is 0 Å². The van der Waals surface area contributed by atoms with E-state index in [1.165, 1.54) is 5.56 Å². The van der Waals surface area contributed by atoms with Gasteiger partial charge >= 0.3 is 0 Å². The molecule has 0 saturated heterocycles. The molecular weight excluding hydrogens is 305 g/mol. The van der Waals surface area contributed by atoms with Crippen LogP contribution in [0.1, 0.15) is 29.2 Å². The predicted octanol–water partition coefficient (Wildman–Crippen LogP) is 5.00. The fourth-order valence-corrected chi connectivity index (χ4v) is 3.21. The van der Waals surface area contributed by atoms with Crippen LogP contribution in [0.3, 0.4) is 0 Å². The summed E-state index contributed by atoms with van der Waals surface area (Å²) in [6.07, 6.45) is 1.76. The van der Waals surface area contributed by atoms with Crippen molar-refractivity contribution in [2.45, 2.75) is 25.8 Å². The van der Waals surface area contributed by atoms with Gasteiger partial charge in [0.15, 0.2) is 0 Å². The summed E-state index contributed by atoms with van der Waals surface area (Å²) in [7, 11) is 0. The zero-order valence-corrected chi connectivity index (χ0v) is 12.3. The fourth-order valence-electron chi connectivity index (χ4n) is 2.74. The molecule has 0 spiro atoms. The molecule has 1 aliphatic carbocycles. The summed E-state index contributed by atoms with van der Waals surface area (Å²) in [6.45, 7) is 2.08. The Hall–Kier alpha value is -1.35. The van der Waals surface area contributed by atoms with Crippen LogP contribution in [0.25, 0.3) is 0 Å². The quantitative estimate of drug-likeness (QED) is 0.821. The molecule has 0 fully saturated rings. The molecule has 0 aromatic heterocycles. The molecular formula is C16H15BrFN. The SMILES string of the molecule is Cc1cc(Br)ccc1NC1CCc2c(F)cccc21. The fraction of sp³-hybridized carbons (Fsp3) is 0.250. The van der Waals surface area contributed by atoms with Gasteiger partial charge in [-0.3, -0.25) is 0 Å². The van der Waals surface area contributed by atoms with Crippen molar-refractivity contribution >= 4 is 21.6 Å². The van der Waals surface area contributed by atoms with E-state index in [4.69, 9.17) is 0 Å². The highest BCUT2D eigenvalue weighted by Gasteiger charge is 2.24. The molecule has 0 heterocycles. The third kappa shape index (κ3) is 2.39. The highest BCUT2D eigenvalue weighted by Crippen LogP contribution is 2.36. The van der Waals surface area contributed by atoms with Crippen molar-refractivity contribution in [3.05, 3.63) is 63.4 Å². The third-order valence-electron chi connectivity index (χ3n) is 3.73. The van der Waals surface area contributed by atoms with Gasteiger partial charge in [0.05, 0.1) is 6.04 Å². The molecule has 2 aromatic carbocycles. The van der Waals surface area contributed by atoms with Crippen molar-refractivity contribution in [3.63, 3.8) is 0 Å². The average Bonchev–Trinajstić information content (AvgIpc) is 2.78. The standard InChI is InChI=1S/C16H15BrFN/c1-10-9-11(17)5-7-15(10)19-16-8-6-12-13(16)3-2-4-14(12)18/h2-5,7,9,16,19H,6,8H2,1H3. The first-order chi connectivity index (χ1) is 9.15. The van der Waals surface area contributed by atoms with Crippen LogP contribution in [0.2, 0.25) is 0 Å². The molecule has 98 valence electrons. The van der Waals surface area contributed by atoms with Crippen molar-refractivity contribution in [3.8, 4) is 0 Å². The van der Waals surface area contributed by atoms with Gasteiger partial charge in [-0.05, 0) is 60.7 Å². The molecule has 1 nitrogen and oxygen atoms in total. The number of benzene rings is 2. The molecule has 0 bridgehead atoms. The second-order valence-corrected chi connectivity index (χ2v) is 5.92. The molecule has 1 aliphatic rings. The number of nitrogens with one attached hydrogen (secondary N) is 1. The van der Waals surface area contributed by atoms with Crippen LogP contribution in [0.4, 0.5) is 10.1 Å². The first-order valence-corrected chi connectivity index (χ1v) is 7.24. The van der Waals surface area contributed by atoms with Crippen molar-refractivity contribution in [1.82, 2.24) is 0 Å². The number of hydrogen-bond acceptors (Lipinski definition) is 1. The summed E-state index contributed by atoms with van der Waals surface area (Å²) < 4.78 is 14.8. The summed E-state index contributed by atoms with van der Waals surface area (Å²) in [5.41, 5.74) is 4.28. The molecule has 1 atom stereocenters. The number of fused-ring (bicyclic) bond motifs is 1.